The van der Waals surface area contributed by atoms with Gasteiger partial charge < -0.3 is 9.72 Å². The van der Waals surface area contributed by atoms with Crippen LogP contribution in [0.15, 0.2) is 18.5 Å². The van der Waals surface area contributed by atoms with Crippen molar-refractivity contribution in [1.82, 2.24) is 15.0 Å². The SMILES string of the molecule is COC(=O)C(c1nc2ccncc2[nH]1)C1CCCC1. The molecule has 1 aliphatic carbocycles. The highest BCUT2D eigenvalue weighted by Gasteiger charge is 2.35. The first-order valence-corrected chi connectivity index (χ1v) is 6.67. The minimum atomic E-state index is -0.278. The van der Waals surface area contributed by atoms with E-state index >= 15 is 0 Å². The predicted octanol–water partition coefficient (Wildman–Crippen LogP) is 2.40. The lowest BCUT2D eigenvalue weighted by Gasteiger charge is -2.18. The molecule has 0 radical (unpaired) electrons. The molecule has 0 aliphatic heterocycles. The van der Waals surface area contributed by atoms with Crippen LogP contribution < -0.4 is 0 Å². The van der Waals surface area contributed by atoms with E-state index in [1.807, 2.05) is 6.07 Å². The predicted molar refractivity (Wildman–Crippen MR) is 70.6 cm³/mol. The Balaban J connectivity index is 2.00. The summed E-state index contributed by atoms with van der Waals surface area (Å²) in [6, 6.07) is 1.85. The van der Waals surface area contributed by atoms with Gasteiger partial charge >= 0.3 is 5.97 Å². The number of esters is 1. The third-order valence-electron chi connectivity index (χ3n) is 3.92. The van der Waals surface area contributed by atoms with Gasteiger partial charge in [-0.05, 0) is 24.8 Å². The number of ether oxygens (including phenoxy) is 1. The number of pyridine rings is 1. The fourth-order valence-electron chi connectivity index (χ4n) is 2.97. The Hall–Kier alpha value is -1.91. The quantitative estimate of drug-likeness (QED) is 0.859. The highest BCUT2D eigenvalue weighted by atomic mass is 16.5. The second-order valence-electron chi connectivity index (χ2n) is 5.06. The summed E-state index contributed by atoms with van der Waals surface area (Å²) >= 11 is 0. The molecule has 1 fully saturated rings. The third-order valence-corrected chi connectivity index (χ3v) is 3.92. The Morgan fingerprint density at radius 2 is 2.26 bits per heavy atom. The van der Waals surface area contributed by atoms with E-state index in [-0.39, 0.29) is 11.9 Å². The number of nitrogens with one attached hydrogen (secondary N) is 1. The molecule has 2 aromatic heterocycles. The number of methoxy groups -OCH3 is 1. The second-order valence-corrected chi connectivity index (χ2v) is 5.06. The van der Waals surface area contributed by atoms with Crippen molar-refractivity contribution in [1.29, 1.82) is 0 Å². The minimum absolute atomic E-state index is 0.195. The Kier molecular flexibility index (Phi) is 3.19. The van der Waals surface area contributed by atoms with Crippen molar-refractivity contribution in [2.45, 2.75) is 31.6 Å². The summed E-state index contributed by atoms with van der Waals surface area (Å²) in [4.78, 5) is 23.9. The molecule has 1 atom stereocenters. The van der Waals surface area contributed by atoms with Crippen LogP contribution in [0, 0.1) is 5.92 Å². The largest absolute Gasteiger partial charge is 0.468 e. The summed E-state index contributed by atoms with van der Waals surface area (Å²) in [5, 5.41) is 0. The lowest BCUT2D eigenvalue weighted by Crippen LogP contribution is -2.22. The first-order chi connectivity index (χ1) is 9.29. The van der Waals surface area contributed by atoms with Crippen LogP contribution >= 0.6 is 0 Å². The van der Waals surface area contributed by atoms with Gasteiger partial charge in [0, 0.05) is 6.20 Å². The van der Waals surface area contributed by atoms with Crippen LogP contribution in [-0.2, 0) is 9.53 Å². The maximum atomic E-state index is 12.1. The summed E-state index contributed by atoms with van der Waals surface area (Å²) in [6.45, 7) is 0. The van der Waals surface area contributed by atoms with Crippen LogP contribution in [0.4, 0.5) is 0 Å². The maximum absolute atomic E-state index is 12.1. The van der Waals surface area contributed by atoms with Crippen LogP contribution in [-0.4, -0.2) is 28.0 Å². The number of H-pyrrole nitrogens is 1. The molecule has 0 aromatic carbocycles. The Labute approximate surface area is 111 Å². The molecule has 0 bridgehead atoms. The smallest absolute Gasteiger partial charge is 0.316 e. The van der Waals surface area contributed by atoms with Gasteiger partial charge in [0.05, 0.1) is 24.3 Å². The normalized spacial score (nSPS) is 17.7. The molecule has 100 valence electrons. The van der Waals surface area contributed by atoms with Gasteiger partial charge in [-0.2, -0.15) is 0 Å². The zero-order valence-electron chi connectivity index (χ0n) is 10.9. The topological polar surface area (TPSA) is 67.9 Å². The van der Waals surface area contributed by atoms with Gasteiger partial charge in [0.1, 0.15) is 11.7 Å². The van der Waals surface area contributed by atoms with E-state index < -0.39 is 0 Å². The molecular weight excluding hydrogens is 242 g/mol. The number of imidazole rings is 1. The number of carbonyl (C=O) groups excluding carboxylic acids is 1. The average molecular weight is 259 g/mol. The first-order valence-electron chi connectivity index (χ1n) is 6.67. The summed E-state index contributed by atoms with van der Waals surface area (Å²) in [7, 11) is 1.44. The van der Waals surface area contributed by atoms with Crippen molar-refractivity contribution in [3.05, 3.63) is 24.3 Å². The lowest BCUT2D eigenvalue weighted by atomic mass is 9.90. The molecule has 0 amide bonds. The van der Waals surface area contributed by atoms with Crippen LogP contribution in [0.25, 0.3) is 11.0 Å². The fraction of sp³-hybridized carbons (Fsp3) is 0.500. The molecule has 1 N–H and O–H groups in total. The van der Waals surface area contributed by atoms with Crippen molar-refractivity contribution in [2.75, 3.05) is 7.11 Å². The van der Waals surface area contributed by atoms with Crippen molar-refractivity contribution in [3.8, 4) is 0 Å². The van der Waals surface area contributed by atoms with E-state index in [1.54, 1.807) is 12.4 Å². The molecule has 0 spiro atoms. The fourth-order valence-corrected chi connectivity index (χ4v) is 2.97. The van der Waals surface area contributed by atoms with Crippen molar-refractivity contribution < 1.29 is 9.53 Å². The number of carbonyl (C=O) groups is 1. The zero-order valence-corrected chi connectivity index (χ0v) is 10.9. The highest BCUT2D eigenvalue weighted by Crippen LogP contribution is 2.37. The average Bonchev–Trinajstić information content (AvgIpc) is 3.07. The Morgan fingerprint density at radius 1 is 1.47 bits per heavy atom. The number of hydrogen-bond donors (Lipinski definition) is 1. The van der Waals surface area contributed by atoms with Crippen LogP contribution in [0.5, 0.6) is 0 Å². The highest BCUT2D eigenvalue weighted by molar-refractivity contribution is 5.80. The van der Waals surface area contributed by atoms with E-state index in [9.17, 15) is 4.79 Å². The van der Waals surface area contributed by atoms with E-state index in [4.69, 9.17) is 4.74 Å². The standard InChI is InChI=1S/C14H17N3O2/c1-19-14(18)12(9-4-2-3-5-9)13-16-10-6-7-15-8-11(10)17-13/h6-9,12H,2-5H2,1H3,(H,16,17). The third kappa shape index (κ3) is 2.20. The van der Waals surface area contributed by atoms with Gasteiger partial charge in [0.25, 0.3) is 0 Å². The van der Waals surface area contributed by atoms with Crippen molar-refractivity contribution >= 4 is 17.0 Å². The van der Waals surface area contributed by atoms with Gasteiger partial charge in [-0.25, -0.2) is 4.98 Å². The molecule has 2 aromatic rings. The number of fused-ring (bicyclic) bond motifs is 1. The molecule has 19 heavy (non-hydrogen) atoms. The molecule has 1 aliphatic rings. The molecule has 2 heterocycles. The summed E-state index contributed by atoms with van der Waals surface area (Å²) in [5.74, 6) is 0.571. The van der Waals surface area contributed by atoms with Crippen molar-refractivity contribution in [3.63, 3.8) is 0 Å². The Bertz CT molecular complexity index is 554. The second kappa shape index (κ2) is 4.99. The summed E-state index contributed by atoms with van der Waals surface area (Å²) in [5.41, 5.74) is 1.71. The monoisotopic (exact) mass is 259 g/mol. The molecule has 5 nitrogen and oxygen atoms in total. The van der Waals surface area contributed by atoms with Gasteiger partial charge in [-0.15, -0.1) is 0 Å². The number of aromatic nitrogens is 3. The number of rotatable bonds is 3. The maximum Gasteiger partial charge on any atom is 0.316 e. The van der Waals surface area contributed by atoms with Gasteiger partial charge in [0.15, 0.2) is 0 Å². The molecule has 5 heteroatoms. The minimum Gasteiger partial charge on any atom is -0.468 e. The van der Waals surface area contributed by atoms with E-state index in [0.717, 1.165) is 23.9 Å². The van der Waals surface area contributed by atoms with E-state index in [0.29, 0.717) is 11.7 Å². The number of nitrogens with zero attached hydrogens (tertiary/aromatic N) is 2. The van der Waals surface area contributed by atoms with Gasteiger partial charge in [-0.3, -0.25) is 9.78 Å². The lowest BCUT2D eigenvalue weighted by molar-refractivity contribution is -0.144. The van der Waals surface area contributed by atoms with Gasteiger partial charge in [-0.1, -0.05) is 12.8 Å². The Morgan fingerprint density at radius 3 is 2.95 bits per heavy atom. The van der Waals surface area contributed by atoms with Crippen LogP contribution in [0.2, 0.25) is 0 Å². The molecule has 1 saturated carbocycles. The van der Waals surface area contributed by atoms with Crippen LogP contribution in [0.3, 0.4) is 0 Å². The summed E-state index contributed by atoms with van der Waals surface area (Å²) < 4.78 is 4.96. The van der Waals surface area contributed by atoms with E-state index in [1.165, 1.54) is 20.0 Å². The number of hydrogen-bond acceptors (Lipinski definition) is 4. The molecular formula is C14H17N3O2. The number of aromatic amines is 1. The molecule has 1 unspecified atom stereocenters. The summed E-state index contributed by atoms with van der Waals surface area (Å²) in [6.07, 6.45) is 7.93. The van der Waals surface area contributed by atoms with E-state index in [2.05, 4.69) is 15.0 Å². The molecule has 3 rings (SSSR count). The molecule has 0 saturated heterocycles. The van der Waals surface area contributed by atoms with Crippen molar-refractivity contribution in [2.24, 2.45) is 5.92 Å². The first kappa shape index (κ1) is 12.1. The van der Waals surface area contributed by atoms with Gasteiger partial charge in [0.2, 0.25) is 0 Å². The van der Waals surface area contributed by atoms with Crippen LogP contribution in [0.1, 0.15) is 37.4 Å². The zero-order chi connectivity index (χ0) is 13.2.